The molecule has 4 heteroatoms. The van der Waals surface area contributed by atoms with Crippen LogP contribution in [0.15, 0.2) is 24.0 Å². The van der Waals surface area contributed by atoms with Crippen LogP contribution in [0.4, 0.5) is 0 Å². The van der Waals surface area contributed by atoms with Gasteiger partial charge in [0.25, 0.3) is 8.32 Å². The third-order valence-corrected chi connectivity index (χ3v) is 11.8. The van der Waals surface area contributed by atoms with Crippen molar-refractivity contribution in [2.75, 3.05) is 13.7 Å². The molecule has 2 N–H and O–H groups in total. The third-order valence-electron chi connectivity index (χ3n) is 5.80. The predicted octanol–water partition coefficient (Wildman–Crippen LogP) is 5.36. The summed E-state index contributed by atoms with van der Waals surface area (Å²) in [6.45, 7) is 14.6. The maximum Gasteiger partial charge on any atom is 0.258 e. The van der Waals surface area contributed by atoms with Crippen molar-refractivity contribution >= 4 is 14.4 Å². The molecule has 0 heterocycles. The Kier molecular flexibility index (Phi) is 6.39. The predicted molar refractivity (Wildman–Crippen MR) is 109 cm³/mol. The molecule has 0 fully saturated rings. The average molecular weight is 362 g/mol. The maximum absolute atomic E-state index is 6.97. The first-order valence-electron chi connectivity index (χ1n) is 9.53. The summed E-state index contributed by atoms with van der Waals surface area (Å²) < 4.78 is 12.3. The highest BCUT2D eigenvalue weighted by molar-refractivity contribution is 6.77. The van der Waals surface area contributed by atoms with Crippen LogP contribution in [0.2, 0.25) is 16.6 Å². The minimum Gasteiger partial charge on any atom is -0.545 e. The lowest BCUT2D eigenvalue weighted by atomic mass is 9.88. The van der Waals surface area contributed by atoms with E-state index in [9.17, 15) is 0 Å². The van der Waals surface area contributed by atoms with Gasteiger partial charge in [-0.2, -0.15) is 0 Å². The van der Waals surface area contributed by atoms with Crippen LogP contribution in [0.3, 0.4) is 0 Å². The van der Waals surface area contributed by atoms with E-state index in [0.29, 0.717) is 23.2 Å². The van der Waals surface area contributed by atoms with Gasteiger partial charge in [-0.1, -0.05) is 47.6 Å². The third kappa shape index (κ3) is 3.80. The molecule has 3 nitrogen and oxygen atoms in total. The minimum absolute atomic E-state index is 0.253. The highest BCUT2D eigenvalue weighted by Crippen LogP contribution is 2.45. The Morgan fingerprint density at radius 3 is 2.16 bits per heavy atom. The smallest absolute Gasteiger partial charge is 0.258 e. The van der Waals surface area contributed by atoms with E-state index in [2.05, 4.69) is 59.8 Å². The summed E-state index contributed by atoms with van der Waals surface area (Å²) in [5, 5.41) is 0. The summed E-state index contributed by atoms with van der Waals surface area (Å²) >= 11 is 0. The lowest BCUT2D eigenvalue weighted by Crippen LogP contribution is -2.48. The minimum atomic E-state index is -1.96. The summed E-state index contributed by atoms with van der Waals surface area (Å²) in [5.41, 5.74) is 10.3. The van der Waals surface area contributed by atoms with Crippen LogP contribution in [0.5, 0.6) is 5.75 Å². The maximum atomic E-state index is 6.97. The molecule has 0 bridgehead atoms. The van der Waals surface area contributed by atoms with Crippen molar-refractivity contribution in [3.05, 3.63) is 35.1 Å². The van der Waals surface area contributed by atoms with Crippen LogP contribution in [-0.4, -0.2) is 22.0 Å². The van der Waals surface area contributed by atoms with Gasteiger partial charge in [-0.3, -0.25) is 0 Å². The molecule has 2 rings (SSSR count). The fourth-order valence-corrected chi connectivity index (χ4v) is 9.87. The average Bonchev–Trinajstić information content (AvgIpc) is 2.57. The molecule has 140 valence electrons. The molecule has 25 heavy (non-hydrogen) atoms. The van der Waals surface area contributed by atoms with E-state index >= 15 is 0 Å². The van der Waals surface area contributed by atoms with Crippen molar-refractivity contribution < 1.29 is 9.16 Å². The molecule has 1 aliphatic rings. The fourth-order valence-electron chi connectivity index (χ4n) is 4.53. The lowest BCUT2D eigenvalue weighted by molar-refractivity contribution is 0.313. The quantitative estimate of drug-likeness (QED) is 0.665. The van der Waals surface area contributed by atoms with Gasteiger partial charge in [0, 0.05) is 12.5 Å². The molecule has 0 aliphatic heterocycles. The zero-order valence-corrected chi connectivity index (χ0v) is 17.9. The number of fused-ring (bicyclic) bond motifs is 1. The Bertz CT molecular complexity index is 601. The summed E-state index contributed by atoms with van der Waals surface area (Å²) in [6, 6.07) is 6.28. The first-order valence-corrected chi connectivity index (χ1v) is 11.7. The van der Waals surface area contributed by atoms with Gasteiger partial charge in [-0.05, 0) is 52.4 Å². The Morgan fingerprint density at radius 1 is 1.08 bits per heavy atom. The summed E-state index contributed by atoms with van der Waals surface area (Å²) in [6.07, 6.45) is 3.15. The molecular weight excluding hydrogens is 326 g/mol. The molecule has 1 aromatic carbocycles. The number of nitrogens with two attached hydrogens (primary N) is 1. The molecule has 1 aliphatic carbocycles. The first kappa shape index (κ1) is 20.1. The monoisotopic (exact) mass is 361 g/mol. The van der Waals surface area contributed by atoms with Gasteiger partial charge in [0.05, 0.1) is 12.9 Å². The molecule has 1 atom stereocenters. The topological polar surface area (TPSA) is 44.5 Å². The van der Waals surface area contributed by atoms with Gasteiger partial charge in [-0.15, -0.1) is 0 Å². The second kappa shape index (κ2) is 7.96. The number of benzene rings is 1. The normalized spacial score (nSPS) is 17.7. The van der Waals surface area contributed by atoms with E-state index < -0.39 is 8.32 Å². The van der Waals surface area contributed by atoms with Gasteiger partial charge < -0.3 is 14.9 Å². The highest BCUT2D eigenvalue weighted by Gasteiger charge is 2.48. The Hall–Kier alpha value is -1.26. The number of hydrogen-bond acceptors (Lipinski definition) is 3. The van der Waals surface area contributed by atoms with Crippen molar-refractivity contribution in [2.45, 2.75) is 64.6 Å². The van der Waals surface area contributed by atoms with E-state index in [-0.39, 0.29) is 5.92 Å². The summed E-state index contributed by atoms with van der Waals surface area (Å²) in [5.74, 6) is 2.26. The molecule has 1 unspecified atom stereocenters. The van der Waals surface area contributed by atoms with Crippen LogP contribution >= 0.6 is 0 Å². The number of rotatable bonds is 7. The van der Waals surface area contributed by atoms with Crippen LogP contribution in [0.1, 0.15) is 52.7 Å². The molecule has 0 radical (unpaired) electrons. The van der Waals surface area contributed by atoms with Crippen molar-refractivity contribution in [3.63, 3.8) is 0 Å². The van der Waals surface area contributed by atoms with Crippen LogP contribution in [0, 0.1) is 5.92 Å². The van der Waals surface area contributed by atoms with Crippen molar-refractivity contribution in [3.8, 4) is 5.75 Å². The van der Waals surface area contributed by atoms with E-state index in [1.165, 1.54) is 11.1 Å². The Balaban J connectivity index is 2.45. The molecule has 0 spiro atoms. The van der Waals surface area contributed by atoms with Crippen LogP contribution in [-0.2, 0) is 10.8 Å². The van der Waals surface area contributed by atoms with E-state index in [4.69, 9.17) is 14.9 Å². The lowest BCUT2D eigenvalue weighted by Gasteiger charge is -2.44. The summed E-state index contributed by atoms with van der Waals surface area (Å²) in [7, 11) is -0.249. The largest absolute Gasteiger partial charge is 0.545 e. The summed E-state index contributed by atoms with van der Waals surface area (Å²) in [4.78, 5) is 0. The molecular formula is C21H35NO2Si. The fraction of sp³-hybridized carbons (Fsp3) is 0.619. The SMILES string of the molecule is COc1ccc2c(c1)CC(CN)C(O[Si](C(C)C)(C(C)C)C(C)C)=C2. The van der Waals surface area contributed by atoms with Crippen molar-refractivity contribution in [1.29, 1.82) is 0 Å². The number of ether oxygens (including phenoxy) is 1. The van der Waals surface area contributed by atoms with E-state index in [1.54, 1.807) is 7.11 Å². The van der Waals surface area contributed by atoms with E-state index in [0.717, 1.165) is 17.9 Å². The zero-order chi connectivity index (χ0) is 18.8. The van der Waals surface area contributed by atoms with Gasteiger partial charge in [0.1, 0.15) is 5.75 Å². The highest BCUT2D eigenvalue weighted by atomic mass is 28.4. The van der Waals surface area contributed by atoms with Crippen LogP contribution < -0.4 is 10.5 Å². The molecule has 0 saturated heterocycles. The Labute approximate surface area is 154 Å². The van der Waals surface area contributed by atoms with Gasteiger partial charge >= 0.3 is 0 Å². The van der Waals surface area contributed by atoms with Gasteiger partial charge in [0.15, 0.2) is 0 Å². The number of methoxy groups -OCH3 is 1. The van der Waals surface area contributed by atoms with Crippen LogP contribution in [0.25, 0.3) is 6.08 Å². The van der Waals surface area contributed by atoms with Crippen molar-refractivity contribution in [1.82, 2.24) is 0 Å². The first-order chi connectivity index (χ1) is 11.8. The van der Waals surface area contributed by atoms with Gasteiger partial charge in [-0.25, -0.2) is 0 Å². The van der Waals surface area contributed by atoms with E-state index in [1.807, 2.05) is 6.07 Å². The second-order valence-corrected chi connectivity index (χ2v) is 13.5. The zero-order valence-electron chi connectivity index (χ0n) is 16.9. The molecule has 0 saturated carbocycles. The standard InChI is InChI=1S/C21H35NO2Si/c1-14(2)25(15(3)4,16(5)6)24-21-12-17-8-9-20(23-7)11-18(17)10-19(21)13-22/h8-9,11-12,14-16,19H,10,13,22H2,1-7H3. The second-order valence-electron chi connectivity index (χ2n) is 8.17. The number of hydrogen-bond donors (Lipinski definition) is 1. The molecule has 0 amide bonds. The Morgan fingerprint density at radius 2 is 1.68 bits per heavy atom. The van der Waals surface area contributed by atoms with Gasteiger partial charge in [0.2, 0.25) is 0 Å². The van der Waals surface area contributed by atoms with Crippen molar-refractivity contribution in [2.24, 2.45) is 11.7 Å². The molecule has 1 aromatic rings. The molecule has 0 aromatic heterocycles.